The molecular formula is C16H14O2S. The second kappa shape index (κ2) is 4.74. The first-order valence-electron chi connectivity index (χ1n) is 6.16. The van der Waals surface area contributed by atoms with Crippen molar-refractivity contribution in [2.24, 2.45) is 0 Å². The van der Waals surface area contributed by atoms with Crippen LogP contribution in [0.4, 0.5) is 0 Å². The van der Waals surface area contributed by atoms with Crippen molar-refractivity contribution < 1.29 is 9.53 Å². The third-order valence-corrected chi connectivity index (χ3v) is 4.00. The molecule has 0 saturated heterocycles. The first-order valence-corrected chi connectivity index (χ1v) is 7.38. The first-order chi connectivity index (χ1) is 9.17. The summed E-state index contributed by atoms with van der Waals surface area (Å²) in [5.41, 5.74) is 2.79. The van der Waals surface area contributed by atoms with Crippen molar-refractivity contribution in [3.63, 3.8) is 0 Å². The van der Waals surface area contributed by atoms with Crippen molar-refractivity contribution in [3.8, 4) is 11.5 Å². The van der Waals surface area contributed by atoms with Crippen LogP contribution in [-0.2, 0) is 6.42 Å². The number of carbonyl (C=O) groups excluding carboxylic acids is 1. The molecule has 2 aromatic carbocycles. The van der Waals surface area contributed by atoms with Crippen LogP contribution in [-0.4, -0.2) is 12.0 Å². The van der Waals surface area contributed by atoms with Crippen LogP contribution in [0, 0.1) is 6.92 Å². The molecule has 3 heteroatoms. The van der Waals surface area contributed by atoms with Gasteiger partial charge in [0.1, 0.15) is 11.5 Å². The normalized spacial score (nSPS) is 13.3. The number of fused-ring (bicyclic) bond motifs is 2. The Labute approximate surface area is 116 Å². The van der Waals surface area contributed by atoms with Crippen LogP contribution < -0.4 is 4.74 Å². The zero-order valence-corrected chi connectivity index (χ0v) is 11.7. The van der Waals surface area contributed by atoms with Crippen LogP contribution in [0.3, 0.4) is 0 Å². The maximum atomic E-state index is 12.4. The Kier molecular flexibility index (Phi) is 3.07. The van der Waals surface area contributed by atoms with Crippen LogP contribution in [0.1, 0.15) is 21.5 Å². The van der Waals surface area contributed by atoms with Gasteiger partial charge in [0.25, 0.3) is 0 Å². The summed E-state index contributed by atoms with van der Waals surface area (Å²) in [6.07, 6.45) is 2.41. The molecule has 1 aliphatic rings. The standard InChI is InChI=1S/C16H14O2S/c1-10-3-5-15-11(7-10)8-14(17)13-9-12(19-2)4-6-16(13)18-15/h3-7,9H,8H2,1-2H3. The van der Waals surface area contributed by atoms with E-state index in [1.807, 2.05) is 49.6 Å². The van der Waals surface area contributed by atoms with Crippen LogP contribution in [0.25, 0.3) is 0 Å². The van der Waals surface area contributed by atoms with E-state index in [-0.39, 0.29) is 5.78 Å². The highest BCUT2D eigenvalue weighted by Gasteiger charge is 2.21. The van der Waals surface area contributed by atoms with Crippen molar-refractivity contribution in [2.75, 3.05) is 6.26 Å². The van der Waals surface area contributed by atoms with E-state index in [1.165, 1.54) is 0 Å². The van der Waals surface area contributed by atoms with Gasteiger partial charge >= 0.3 is 0 Å². The average Bonchev–Trinajstić information content (AvgIpc) is 2.54. The third kappa shape index (κ3) is 2.26. The summed E-state index contributed by atoms with van der Waals surface area (Å²) in [5.74, 6) is 1.57. The maximum absolute atomic E-state index is 12.4. The number of benzene rings is 2. The van der Waals surface area contributed by atoms with Gasteiger partial charge in [0, 0.05) is 16.9 Å². The third-order valence-electron chi connectivity index (χ3n) is 3.27. The van der Waals surface area contributed by atoms with Crippen LogP contribution in [0.2, 0.25) is 0 Å². The minimum atomic E-state index is 0.121. The highest BCUT2D eigenvalue weighted by molar-refractivity contribution is 7.98. The molecule has 3 rings (SSSR count). The van der Waals surface area contributed by atoms with Gasteiger partial charge in [0.05, 0.1) is 5.56 Å². The van der Waals surface area contributed by atoms with Gasteiger partial charge in [-0.05, 0) is 37.4 Å². The number of aryl methyl sites for hydroxylation is 1. The van der Waals surface area contributed by atoms with Crippen molar-refractivity contribution in [1.29, 1.82) is 0 Å². The Bertz CT molecular complexity index is 662. The van der Waals surface area contributed by atoms with Gasteiger partial charge in [-0.1, -0.05) is 17.7 Å². The fraction of sp³-hybridized carbons (Fsp3) is 0.188. The summed E-state index contributed by atoms with van der Waals surface area (Å²) in [5, 5.41) is 0. The lowest BCUT2D eigenvalue weighted by Gasteiger charge is -2.09. The lowest BCUT2D eigenvalue weighted by molar-refractivity contribution is 0.0993. The smallest absolute Gasteiger partial charge is 0.171 e. The fourth-order valence-electron chi connectivity index (χ4n) is 2.28. The molecule has 2 nitrogen and oxygen atoms in total. The van der Waals surface area contributed by atoms with Gasteiger partial charge < -0.3 is 4.74 Å². The predicted octanol–water partition coefficient (Wildman–Crippen LogP) is 4.25. The number of hydrogen-bond acceptors (Lipinski definition) is 3. The fourth-order valence-corrected chi connectivity index (χ4v) is 2.72. The molecule has 19 heavy (non-hydrogen) atoms. The molecule has 2 aromatic rings. The molecule has 1 heterocycles. The van der Waals surface area contributed by atoms with Crippen molar-refractivity contribution >= 4 is 17.5 Å². The van der Waals surface area contributed by atoms with Crippen LogP contribution >= 0.6 is 11.8 Å². The molecule has 1 aliphatic heterocycles. The lowest BCUT2D eigenvalue weighted by atomic mass is 10.0. The van der Waals surface area contributed by atoms with E-state index in [2.05, 4.69) is 0 Å². The Morgan fingerprint density at radius 1 is 1.11 bits per heavy atom. The van der Waals surface area contributed by atoms with Crippen molar-refractivity contribution in [2.45, 2.75) is 18.2 Å². The second-order valence-electron chi connectivity index (χ2n) is 4.68. The van der Waals surface area contributed by atoms with Gasteiger partial charge in [-0.2, -0.15) is 0 Å². The quantitative estimate of drug-likeness (QED) is 0.725. The SMILES string of the molecule is CSc1ccc2c(c1)C(=O)Cc1cc(C)ccc1O2. The average molecular weight is 270 g/mol. The molecule has 0 atom stereocenters. The summed E-state index contributed by atoms with van der Waals surface area (Å²) in [7, 11) is 0. The molecule has 0 saturated carbocycles. The van der Waals surface area contributed by atoms with Gasteiger partial charge in [-0.15, -0.1) is 11.8 Å². The van der Waals surface area contributed by atoms with E-state index in [9.17, 15) is 4.79 Å². The molecule has 0 bridgehead atoms. The summed E-state index contributed by atoms with van der Waals surface area (Å²) in [4.78, 5) is 13.4. The van der Waals surface area contributed by atoms with Crippen molar-refractivity contribution in [1.82, 2.24) is 0 Å². The first kappa shape index (κ1) is 12.3. The summed E-state index contributed by atoms with van der Waals surface area (Å²) in [6, 6.07) is 11.7. The Balaban J connectivity index is 2.12. The minimum absolute atomic E-state index is 0.121. The molecule has 0 unspecified atom stereocenters. The maximum Gasteiger partial charge on any atom is 0.171 e. The molecule has 0 aromatic heterocycles. The number of rotatable bonds is 1. The van der Waals surface area contributed by atoms with E-state index in [0.29, 0.717) is 17.7 Å². The van der Waals surface area contributed by atoms with E-state index < -0.39 is 0 Å². The molecule has 0 N–H and O–H groups in total. The molecule has 0 fully saturated rings. The molecular weight excluding hydrogens is 256 g/mol. The zero-order valence-electron chi connectivity index (χ0n) is 10.9. The second-order valence-corrected chi connectivity index (χ2v) is 5.55. The summed E-state index contributed by atoms with van der Waals surface area (Å²) in [6.45, 7) is 2.02. The largest absolute Gasteiger partial charge is 0.456 e. The van der Waals surface area contributed by atoms with E-state index >= 15 is 0 Å². The minimum Gasteiger partial charge on any atom is -0.456 e. The van der Waals surface area contributed by atoms with E-state index in [0.717, 1.165) is 21.8 Å². The lowest BCUT2D eigenvalue weighted by Crippen LogP contribution is -2.02. The monoisotopic (exact) mass is 270 g/mol. The molecule has 0 aliphatic carbocycles. The molecule has 0 radical (unpaired) electrons. The van der Waals surface area contributed by atoms with Gasteiger partial charge in [-0.3, -0.25) is 4.79 Å². The van der Waals surface area contributed by atoms with Crippen LogP contribution in [0.15, 0.2) is 41.3 Å². The highest BCUT2D eigenvalue weighted by Crippen LogP contribution is 2.35. The van der Waals surface area contributed by atoms with Crippen molar-refractivity contribution in [3.05, 3.63) is 53.1 Å². The van der Waals surface area contributed by atoms with Crippen LogP contribution in [0.5, 0.6) is 11.5 Å². The number of hydrogen-bond donors (Lipinski definition) is 0. The van der Waals surface area contributed by atoms with Gasteiger partial charge in [-0.25, -0.2) is 0 Å². The highest BCUT2D eigenvalue weighted by atomic mass is 32.2. The molecule has 0 spiro atoms. The number of carbonyl (C=O) groups is 1. The summed E-state index contributed by atoms with van der Waals surface area (Å²) < 4.78 is 5.90. The number of ether oxygens (including phenoxy) is 1. The summed E-state index contributed by atoms with van der Waals surface area (Å²) >= 11 is 1.63. The van der Waals surface area contributed by atoms with Gasteiger partial charge in [0.2, 0.25) is 0 Å². The molecule has 0 amide bonds. The predicted molar refractivity (Wildman–Crippen MR) is 77.5 cm³/mol. The number of ketones is 1. The van der Waals surface area contributed by atoms with E-state index in [4.69, 9.17) is 4.74 Å². The number of Topliss-reactive ketones (excluding diaryl/α,β-unsaturated/α-hetero) is 1. The topological polar surface area (TPSA) is 26.3 Å². The Morgan fingerprint density at radius 2 is 1.89 bits per heavy atom. The van der Waals surface area contributed by atoms with Gasteiger partial charge in [0.15, 0.2) is 5.78 Å². The molecule has 96 valence electrons. The Morgan fingerprint density at radius 3 is 2.68 bits per heavy atom. The number of thioether (sulfide) groups is 1. The Hall–Kier alpha value is -1.74. The van der Waals surface area contributed by atoms with E-state index in [1.54, 1.807) is 11.8 Å². The zero-order chi connectivity index (χ0) is 13.4.